The third kappa shape index (κ3) is 3.97. The maximum absolute atomic E-state index is 12.9. The summed E-state index contributed by atoms with van der Waals surface area (Å²) in [5.41, 5.74) is 0. The van der Waals surface area contributed by atoms with Crippen LogP contribution in [0.25, 0.3) is 0 Å². The van der Waals surface area contributed by atoms with Crippen molar-refractivity contribution in [2.24, 2.45) is 5.92 Å². The molecule has 0 aromatic carbocycles. The molecule has 9 nitrogen and oxygen atoms in total. The number of rotatable bonds is 4. The highest BCUT2D eigenvalue weighted by molar-refractivity contribution is 7.86. The molecule has 0 aliphatic carbocycles. The Morgan fingerprint density at radius 1 is 1.12 bits per heavy atom. The zero-order valence-electron chi connectivity index (χ0n) is 15.3. The van der Waals surface area contributed by atoms with Gasteiger partial charge in [-0.1, -0.05) is 0 Å². The first-order valence-electron chi connectivity index (χ1n) is 8.88. The number of anilines is 1. The Morgan fingerprint density at radius 3 is 2.38 bits per heavy atom. The van der Waals surface area contributed by atoms with Crippen LogP contribution < -0.4 is 4.90 Å². The summed E-state index contributed by atoms with van der Waals surface area (Å²) in [4.78, 5) is 25.3. The zero-order chi connectivity index (χ0) is 18.7. The van der Waals surface area contributed by atoms with Gasteiger partial charge in [-0.25, -0.2) is 9.97 Å². The van der Waals surface area contributed by atoms with Crippen LogP contribution in [0, 0.1) is 5.92 Å². The van der Waals surface area contributed by atoms with Crippen molar-refractivity contribution < 1.29 is 13.2 Å². The van der Waals surface area contributed by atoms with Gasteiger partial charge < -0.3 is 9.80 Å². The molecule has 10 heteroatoms. The second-order valence-corrected chi connectivity index (χ2v) is 8.99. The Kier molecular flexibility index (Phi) is 5.73. The fourth-order valence-corrected chi connectivity index (χ4v) is 4.53. The van der Waals surface area contributed by atoms with Crippen molar-refractivity contribution in [3.8, 4) is 0 Å². The Balaban J connectivity index is 1.58. The normalized spacial score (nSPS) is 22.7. The molecule has 0 saturated carbocycles. The van der Waals surface area contributed by atoms with Crippen LogP contribution in [0.2, 0.25) is 0 Å². The minimum atomic E-state index is -3.41. The first kappa shape index (κ1) is 19.0. The Labute approximate surface area is 154 Å². The lowest BCUT2D eigenvalue weighted by atomic mass is 9.96. The van der Waals surface area contributed by atoms with Crippen LogP contribution in [0.4, 0.5) is 5.95 Å². The minimum absolute atomic E-state index is 0.0930. The maximum Gasteiger partial charge on any atom is 0.281 e. The van der Waals surface area contributed by atoms with E-state index in [0.29, 0.717) is 38.7 Å². The Bertz CT molecular complexity index is 719. The van der Waals surface area contributed by atoms with Crippen LogP contribution in [0.3, 0.4) is 0 Å². The number of piperidine rings is 1. The van der Waals surface area contributed by atoms with Crippen molar-refractivity contribution in [2.45, 2.75) is 12.8 Å². The standard InChI is InChI=1S/C16H26N6O3S/c1-19(2)26(24,25)22-11-9-20(10-12-22)15(23)14-5-3-8-21(13-14)16-17-6-4-7-18-16/h4,6-7,14H,3,5,8-13H2,1-2H3. The SMILES string of the molecule is CN(C)S(=O)(=O)N1CCN(C(=O)C2CCCN(c3ncccn3)C2)CC1. The van der Waals surface area contributed by atoms with E-state index in [4.69, 9.17) is 0 Å². The van der Waals surface area contributed by atoms with Gasteiger partial charge in [0.1, 0.15) is 0 Å². The van der Waals surface area contributed by atoms with Crippen LogP contribution in [0.5, 0.6) is 0 Å². The van der Waals surface area contributed by atoms with Crippen molar-refractivity contribution in [1.82, 2.24) is 23.5 Å². The molecular weight excluding hydrogens is 356 g/mol. The number of hydrogen-bond acceptors (Lipinski definition) is 6. The van der Waals surface area contributed by atoms with Crippen LogP contribution >= 0.6 is 0 Å². The summed E-state index contributed by atoms with van der Waals surface area (Å²) in [6.07, 6.45) is 5.18. The molecule has 2 aliphatic heterocycles. The summed E-state index contributed by atoms with van der Waals surface area (Å²) in [6.45, 7) is 3.01. The molecule has 1 aromatic rings. The van der Waals surface area contributed by atoms with Gasteiger partial charge in [0.05, 0.1) is 5.92 Å². The van der Waals surface area contributed by atoms with E-state index in [2.05, 4.69) is 14.9 Å². The summed E-state index contributed by atoms with van der Waals surface area (Å²) in [5, 5.41) is 0. The molecule has 0 radical (unpaired) electrons. The van der Waals surface area contributed by atoms with Gasteiger partial charge in [0.15, 0.2) is 0 Å². The molecule has 1 atom stereocenters. The topological polar surface area (TPSA) is 90.0 Å². The number of carbonyl (C=O) groups excluding carboxylic acids is 1. The third-order valence-electron chi connectivity index (χ3n) is 4.94. The molecule has 144 valence electrons. The van der Waals surface area contributed by atoms with Gasteiger partial charge in [-0.2, -0.15) is 17.0 Å². The van der Waals surface area contributed by atoms with Gasteiger partial charge in [-0.15, -0.1) is 0 Å². The predicted molar refractivity (Wildman–Crippen MR) is 97.7 cm³/mol. The van der Waals surface area contributed by atoms with Crippen LogP contribution in [-0.2, 0) is 15.0 Å². The molecule has 1 amide bonds. The van der Waals surface area contributed by atoms with E-state index in [-0.39, 0.29) is 11.8 Å². The molecule has 0 N–H and O–H groups in total. The molecule has 3 heterocycles. The van der Waals surface area contributed by atoms with Gasteiger partial charge >= 0.3 is 0 Å². The smallest absolute Gasteiger partial charge is 0.281 e. The summed E-state index contributed by atoms with van der Waals surface area (Å²) < 4.78 is 27.0. The predicted octanol–water partition coefficient (Wildman–Crippen LogP) is -0.356. The van der Waals surface area contributed by atoms with Gasteiger partial charge in [0.25, 0.3) is 10.2 Å². The lowest BCUT2D eigenvalue weighted by Gasteiger charge is -2.39. The average Bonchev–Trinajstić information content (AvgIpc) is 2.68. The quantitative estimate of drug-likeness (QED) is 0.707. The van der Waals surface area contributed by atoms with E-state index in [1.807, 2.05) is 0 Å². The van der Waals surface area contributed by atoms with E-state index < -0.39 is 10.2 Å². The molecule has 1 aromatic heterocycles. The van der Waals surface area contributed by atoms with E-state index in [9.17, 15) is 13.2 Å². The lowest BCUT2D eigenvalue weighted by molar-refractivity contribution is -0.137. The van der Waals surface area contributed by atoms with E-state index >= 15 is 0 Å². The highest BCUT2D eigenvalue weighted by atomic mass is 32.2. The molecule has 2 aliphatic rings. The Morgan fingerprint density at radius 2 is 1.77 bits per heavy atom. The fourth-order valence-electron chi connectivity index (χ4n) is 3.44. The van der Waals surface area contributed by atoms with E-state index in [1.54, 1.807) is 23.4 Å². The lowest BCUT2D eigenvalue weighted by Crippen LogP contribution is -2.55. The van der Waals surface area contributed by atoms with E-state index in [0.717, 1.165) is 19.4 Å². The molecule has 3 rings (SSSR count). The van der Waals surface area contributed by atoms with Crippen molar-refractivity contribution in [3.05, 3.63) is 18.5 Å². The van der Waals surface area contributed by atoms with Gasteiger partial charge in [0.2, 0.25) is 11.9 Å². The molecular formula is C16H26N6O3S. The number of carbonyl (C=O) groups is 1. The molecule has 1 unspecified atom stereocenters. The number of hydrogen-bond donors (Lipinski definition) is 0. The van der Waals surface area contributed by atoms with Crippen molar-refractivity contribution >= 4 is 22.1 Å². The number of nitrogens with zero attached hydrogens (tertiary/aromatic N) is 6. The minimum Gasteiger partial charge on any atom is -0.340 e. The van der Waals surface area contributed by atoms with E-state index in [1.165, 1.54) is 22.7 Å². The largest absolute Gasteiger partial charge is 0.340 e. The Hall–Kier alpha value is -1.78. The second-order valence-electron chi connectivity index (χ2n) is 6.85. The summed E-state index contributed by atoms with van der Waals surface area (Å²) in [7, 11) is -0.369. The van der Waals surface area contributed by atoms with Gasteiger partial charge in [0, 0.05) is 65.8 Å². The maximum atomic E-state index is 12.9. The van der Waals surface area contributed by atoms with Gasteiger partial charge in [-0.05, 0) is 18.9 Å². The average molecular weight is 382 g/mol. The summed E-state index contributed by atoms with van der Waals surface area (Å²) in [6, 6.07) is 1.78. The summed E-state index contributed by atoms with van der Waals surface area (Å²) in [5.74, 6) is 0.670. The van der Waals surface area contributed by atoms with Gasteiger partial charge in [-0.3, -0.25) is 4.79 Å². The number of amides is 1. The molecule has 0 bridgehead atoms. The third-order valence-corrected chi connectivity index (χ3v) is 6.88. The monoisotopic (exact) mass is 382 g/mol. The van der Waals surface area contributed by atoms with Crippen LogP contribution in [0.1, 0.15) is 12.8 Å². The molecule has 2 fully saturated rings. The molecule has 2 saturated heterocycles. The molecule has 26 heavy (non-hydrogen) atoms. The first-order valence-corrected chi connectivity index (χ1v) is 10.3. The second kappa shape index (κ2) is 7.85. The van der Waals surface area contributed by atoms with Crippen LogP contribution in [-0.4, -0.2) is 91.2 Å². The van der Waals surface area contributed by atoms with Crippen molar-refractivity contribution in [3.63, 3.8) is 0 Å². The fraction of sp³-hybridized carbons (Fsp3) is 0.688. The number of aromatic nitrogens is 2. The summed E-state index contributed by atoms with van der Waals surface area (Å²) >= 11 is 0. The van der Waals surface area contributed by atoms with Crippen molar-refractivity contribution in [1.29, 1.82) is 0 Å². The zero-order valence-corrected chi connectivity index (χ0v) is 16.1. The number of piperazine rings is 1. The highest BCUT2D eigenvalue weighted by Crippen LogP contribution is 2.22. The molecule has 0 spiro atoms. The highest BCUT2D eigenvalue weighted by Gasteiger charge is 2.34. The first-order chi connectivity index (χ1) is 12.4. The van der Waals surface area contributed by atoms with Crippen LogP contribution in [0.15, 0.2) is 18.5 Å². The van der Waals surface area contributed by atoms with Crippen molar-refractivity contribution in [2.75, 3.05) is 58.3 Å².